The highest BCUT2D eigenvalue weighted by molar-refractivity contribution is 7.80. The quantitative estimate of drug-likeness (QED) is 0.480. The molecule has 0 saturated heterocycles. The van der Waals surface area contributed by atoms with E-state index in [0.29, 0.717) is 4.77 Å². The molecule has 0 atom stereocenters. The number of hydrogen-bond donors (Lipinski definition) is 2. The first-order valence-electron chi connectivity index (χ1n) is 8.33. The molecule has 0 aliphatic heterocycles. The van der Waals surface area contributed by atoms with Gasteiger partial charge in [-0.1, -0.05) is 29.0 Å². The highest BCUT2D eigenvalue weighted by Gasteiger charge is 2.10. The molecule has 134 valence electrons. The van der Waals surface area contributed by atoms with E-state index < -0.39 is 0 Å². The van der Waals surface area contributed by atoms with E-state index in [2.05, 4.69) is 70.8 Å². The molecule has 3 aromatic rings. The molecule has 0 aliphatic carbocycles. The van der Waals surface area contributed by atoms with Gasteiger partial charge in [0.05, 0.1) is 5.69 Å². The fourth-order valence-electron chi connectivity index (χ4n) is 2.83. The summed E-state index contributed by atoms with van der Waals surface area (Å²) in [7, 11) is 0. The number of aromatic amines is 1. The van der Waals surface area contributed by atoms with E-state index in [4.69, 9.17) is 12.2 Å². The van der Waals surface area contributed by atoms with Crippen molar-refractivity contribution in [1.82, 2.24) is 20.2 Å². The van der Waals surface area contributed by atoms with Crippen LogP contribution < -0.4 is 4.90 Å². The molecular weight excluding hydrogens is 362 g/mol. The molecule has 3 rings (SSSR count). The Hall–Kier alpha value is -2.38. The van der Waals surface area contributed by atoms with E-state index in [1.807, 2.05) is 25.1 Å². The van der Waals surface area contributed by atoms with Crippen LogP contribution in [0.2, 0.25) is 0 Å². The largest absolute Gasteiger partial charge is 0.367 e. The van der Waals surface area contributed by atoms with Gasteiger partial charge in [0.15, 0.2) is 0 Å². The van der Waals surface area contributed by atoms with Crippen molar-refractivity contribution in [2.45, 2.75) is 25.3 Å². The zero-order valence-corrected chi connectivity index (χ0v) is 16.5. The number of H-pyrrole nitrogens is 1. The number of nitrogens with one attached hydrogen (secondary N) is 1. The molecule has 0 spiro atoms. The van der Waals surface area contributed by atoms with Crippen LogP contribution >= 0.6 is 24.8 Å². The number of thiol groups is 1. The van der Waals surface area contributed by atoms with Gasteiger partial charge in [0.2, 0.25) is 4.77 Å². The second-order valence-corrected chi connectivity index (χ2v) is 6.93. The Morgan fingerprint density at radius 1 is 1.31 bits per heavy atom. The second kappa shape index (κ2) is 7.88. The first-order valence-corrected chi connectivity index (χ1v) is 9.18. The molecule has 0 saturated carbocycles. The predicted molar refractivity (Wildman–Crippen MR) is 112 cm³/mol. The number of hydrogen-bond acceptors (Lipinski definition) is 5. The van der Waals surface area contributed by atoms with E-state index in [1.54, 1.807) is 4.68 Å². The minimum atomic E-state index is 0.407. The Labute approximate surface area is 163 Å². The lowest BCUT2D eigenvalue weighted by atomic mass is 10.1. The van der Waals surface area contributed by atoms with Gasteiger partial charge in [-0.15, -0.1) is 12.6 Å². The molecule has 0 amide bonds. The molecule has 2 aromatic carbocycles. The van der Waals surface area contributed by atoms with Crippen molar-refractivity contribution in [3.63, 3.8) is 0 Å². The monoisotopic (exact) mass is 383 g/mol. The first-order chi connectivity index (χ1) is 12.5. The Bertz CT molecular complexity index is 989. The van der Waals surface area contributed by atoms with Gasteiger partial charge in [-0.3, -0.25) is 0 Å². The Kier molecular flexibility index (Phi) is 5.58. The lowest BCUT2D eigenvalue weighted by Crippen LogP contribution is -2.22. The van der Waals surface area contributed by atoms with Gasteiger partial charge in [-0.05, 0) is 73.1 Å². The maximum Gasteiger partial charge on any atom is 0.242 e. The molecule has 0 bridgehead atoms. The molecule has 5 nitrogen and oxygen atoms in total. The molecule has 0 radical (unpaired) electrons. The Balaban J connectivity index is 1.90. The lowest BCUT2D eigenvalue weighted by molar-refractivity contribution is 0.781. The summed E-state index contributed by atoms with van der Waals surface area (Å²) in [6, 6.07) is 14.4. The van der Waals surface area contributed by atoms with E-state index >= 15 is 0 Å². The van der Waals surface area contributed by atoms with Crippen LogP contribution in [0, 0.1) is 4.77 Å². The summed E-state index contributed by atoms with van der Waals surface area (Å²) in [5.41, 5.74) is 5.33. The summed E-state index contributed by atoms with van der Waals surface area (Å²) in [5.74, 6) is 0. The average molecular weight is 384 g/mol. The van der Waals surface area contributed by atoms with E-state index in [0.717, 1.165) is 40.5 Å². The minimum Gasteiger partial charge on any atom is -0.367 e. The number of allylic oxidation sites excluding steroid dienone is 1. The maximum absolute atomic E-state index is 5.18. The average Bonchev–Trinajstić information content (AvgIpc) is 3.06. The van der Waals surface area contributed by atoms with Gasteiger partial charge in [-0.2, -0.15) is 5.21 Å². The summed E-state index contributed by atoms with van der Waals surface area (Å²) < 4.78 is 2.09. The fraction of sp³-hybridized carbons (Fsp3) is 0.211. The third-order valence-corrected chi connectivity index (χ3v) is 4.85. The minimum absolute atomic E-state index is 0.407. The van der Waals surface area contributed by atoms with Gasteiger partial charge in [0.1, 0.15) is 0 Å². The summed E-state index contributed by atoms with van der Waals surface area (Å²) in [6.07, 6.45) is 0. The zero-order valence-electron chi connectivity index (χ0n) is 14.8. The van der Waals surface area contributed by atoms with Gasteiger partial charge < -0.3 is 4.90 Å². The number of nitrogens with zero attached hydrogens (tertiary/aromatic N) is 4. The number of anilines is 1. The number of rotatable bonds is 6. The van der Waals surface area contributed by atoms with E-state index in [9.17, 15) is 0 Å². The maximum atomic E-state index is 5.18. The number of tetrazole rings is 1. The molecule has 1 heterocycles. The molecule has 0 aliphatic rings. The molecule has 0 fully saturated rings. The van der Waals surface area contributed by atoms with Crippen molar-refractivity contribution < 1.29 is 0 Å². The SMILES string of the molecule is C=C(C)c1cc(N(CC)Cc2cccc(-n3[nH]nnc3=S)c2)ccc1S. The van der Waals surface area contributed by atoms with Gasteiger partial charge in [-0.25, -0.2) is 4.68 Å². The van der Waals surface area contributed by atoms with Crippen LogP contribution in [0.15, 0.2) is 53.9 Å². The highest BCUT2D eigenvalue weighted by Crippen LogP contribution is 2.27. The van der Waals surface area contributed by atoms with Crippen LogP contribution in [-0.2, 0) is 6.54 Å². The summed E-state index contributed by atoms with van der Waals surface area (Å²) in [6.45, 7) is 9.86. The van der Waals surface area contributed by atoms with Crippen molar-refractivity contribution in [2.24, 2.45) is 0 Å². The summed E-state index contributed by atoms with van der Waals surface area (Å²) in [5, 5.41) is 10.4. The fourth-order valence-corrected chi connectivity index (χ4v) is 3.35. The predicted octanol–water partition coefficient (Wildman–Crippen LogP) is 4.67. The Morgan fingerprint density at radius 2 is 2.12 bits per heavy atom. The second-order valence-electron chi connectivity index (χ2n) is 6.08. The van der Waals surface area contributed by atoms with Crippen LogP contribution in [0.25, 0.3) is 11.3 Å². The molecular formula is C19H21N5S2. The lowest BCUT2D eigenvalue weighted by Gasteiger charge is -2.24. The van der Waals surface area contributed by atoms with Crippen LogP contribution in [0.1, 0.15) is 25.0 Å². The van der Waals surface area contributed by atoms with Crippen molar-refractivity contribution >= 4 is 36.1 Å². The smallest absolute Gasteiger partial charge is 0.242 e. The van der Waals surface area contributed by atoms with Gasteiger partial charge in [0.25, 0.3) is 0 Å². The summed E-state index contributed by atoms with van der Waals surface area (Å²) >= 11 is 9.71. The van der Waals surface area contributed by atoms with Crippen molar-refractivity contribution in [1.29, 1.82) is 0 Å². The molecule has 1 N–H and O–H groups in total. The molecule has 1 aromatic heterocycles. The number of aromatic nitrogens is 4. The van der Waals surface area contributed by atoms with E-state index in [-0.39, 0.29) is 0 Å². The first kappa shape index (κ1) is 18.4. The Morgan fingerprint density at radius 3 is 2.77 bits per heavy atom. The van der Waals surface area contributed by atoms with Crippen LogP contribution in [-0.4, -0.2) is 26.8 Å². The van der Waals surface area contributed by atoms with Crippen LogP contribution in [0.5, 0.6) is 0 Å². The zero-order chi connectivity index (χ0) is 18.7. The van der Waals surface area contributed by atoms with Crippen molar-refractivity contribution in [3.8, 4) is 5.69 Å². The molecule has 26 heavy (non-hydrogen) atoms. The standard InChI is InChI=1S/C19H21N5S2/c1-4-23(15-8-9-18(25)17(11-15)13(2)3)12-14-6-5-7-16(10-14)24-19(26)20-21-22-24/h5-11,25H,2,4,12H2,1,3H3,(H,20,22,26). The van der Waals surface area contributed by atoms with Crippen molar-refractivity contribution in [3.05, 3.63) is 64.9 Å². The normalized spacial score (nSPS) is 10.7. The highest BCUT2D eigenvalue weighted by atomic mass is 32.1. The number of benzene rings is 2. The van der Waals surface area contributed by atoms with E-state index in [1.165, 1.54) is 5.56 Å². The third kappa shape index (κ3) is 3.89. The molecule has 7 heteroatoms. The van der Waals surface area contributed by atoms with Crippen LogP contribution in [0.3, 0.4) is 0 Å². The topological polar surface area (TPSA) is 49.7 Å². The van der Waals surface area contributed by atoms with Crippen LogP contribution in [0.4, 0.5) is 5.69 Å². The van der Waals surface area contributed by atoms with Crippen molar-refractivity contribution in [2.75, 3.05) is 11.4 Å². The van der Waals surface area contributed by atoms with Gasteiger partial charge in [0, 0.05) is 23.7 Å². The van der Waals surface area contributed by atoms with Gasteiger partial charge >= 0.3 is 0 Å². The summed E-state index contributed by atoms with van der Waals surface area (Å²) in [4.78, 5) is 3.25. The molecule has 0 unspecified atom stereocenters. The third-order valence-electron chi connectivity index (χ3n) is 4.20.